The van der Waals surface area contributed by atoms with Crippen molar-refractivity contribution in [3.05, 3.63) is 115 Å². The Morgan fingerprint density at radius 1 is 1.02 bits per heavy atom. The molecule has 0 saturated carbocycles. The number of carboxylic acids is 1. The number of nitrogens with two attached hydrogens (primary N) is 3. The third kappa shape index (κ3) is 7.37. The van der Waals surface area contributed by atoms with E-state index in [2.05, 4.69) is 25.5 Å². The highest BCUT2D eigenvalue weighted by Gasteiger charge is 2.19. The summed E-state index contributed by atoms with van der Waals surface area (Å²) in [7, 11) is 1.30. The second kappa shape index (κ2) is 14.4. The van der Waals surface area contributed by atoms with Gasteiger partial charge in [0.05, 0.1) is 18.9 Å². The standard InChI is InChI=1S/C19H14N6O5.C10H12N2O3.CH4/c20-14-15(17(27)16(14)26)23-10-3-1-2-9(6-10)8-21-18(28)11-7-12(19(29)30)25-13(24-11)4-5-22-25;1-15-10(14)7-4-2-6(3-5-7)8(11)9(12)13;/h1-7,23H,8,20H2,(H,21,28)(H,29,30);2-5,8H,11H2,1H3,(H2,12,13);1H4/t;8-;/m.1./s1. The number of hydrogen-bond acceptors (Lipinski definition) is 12. The number of anilines is 3. The van der Waals surface area contributed by atoms with Crippen LogP contribution in [-0.4, -0.2) is 50.6 Å². The van der Waals surface area contributed by atoms with E-state index >= 15 is 0 Å². The first kappa shape index (κ1) is 34.1. The molecular formula is C30H30N8O8. The van der Waals surface area contributed by atoms with Crippen LogP contribution in [-0.2, 0) is 16.1 Å². The van der Waals surface area contributed by atoms with Crippen molar-refractivity contribution < 1.29 is 29.0 Å². The molecule has 2 heterocycles. The lowest BCUT2D eigenvalue weighted by Crippen LogP contribution is -2.36. The Morgan fingerprint density at radius 3 is 2.33 bits per heavy atom. The van der Waals surface area contributed by atoms with Gasteiger partial charge in [-0.3, -0.25) is 19.2 Å². The first-order valence-electron chi connectivity index (χ1n) is 13.0. The zero-order chi connectivity index (χ0) is 32.8. The average molecular weight is 631 g/mol. The van der Waals surface area contributed by atoms with E-state index in [9.17, 15) is 33.9 Å². The van der Waals surface area contributed by atoms with Gasteiger partial charge in [0.25, 0.3) is 16.8 Å². The molecule has 1 atom stereocenters. The van der Waals surface area contributed by atoms with Crippen LogP contribution in [0.1, 0.15) is 55.9 Å². The molecule has 9 N–H and O–H groups in total. The van der Waals surface area contributed by atoms with E-state index in [1.165, 1.54) is 31.5 Å². The summed E-state index contributed by atoms with van der Waals surface area (Å²) < 4.78 is 5.65. The van der Waals surface area contributed by atoms with E-state index in [0.717, 1.165) is 10.6 Å². The van der Waals surface area contributed by atoms with Gasteiger partial charge in [0.15, 0.2) is 11.3 Å². The molecule has 238 valence electrons. The lowest BCUT2D eigenvalue weighted by Gasteiger charge is -2.11. The topological polar surface area (TPSA) is 264 Å². The van der Waals surface area contributed by atoms with Gasteiger partial charge in [-0.05, 0) is 35.4 Å². The van der Waals surface area contributed by atoms with Gasteiger partial charge in [-0.2, -0.15) is 5.10 Å². The molecule has 0 fully saturated rings. The smallest absolute Gasteiger partial charge is 0.354 e. The van der Waals surface area contributed by atoms with E-state index in [1.807, 2.05) is 0 Å². The molecule has 0 saturated heterocycles. The van der Waals surface area contributed by atoms with Crippen LogP contribution in [0.2, 0.25) is 0 Å². The maximum Gasteiger partial charge on any atom is 0.354 e. The lowest BCUT2D eigenvalue weighted by atomic mass is 10.1. The number of carboxylic acid groups (broad SMARTS) is 1. The molecule has 0 unspecified atom stereocenters. The fraction of sp³-hybridized carbons (Fsp3) is 0.133. The van der Waals surface area contributed by atoms with Crippen LogP contribution in [0, 0.1) is 0 Å². The van der Waals surface area contributed by atoms with Crippen molar-refractivity contribution in [3.8, 4) is 0 Å². The van der Waals surface area contributed by atoms with Gasteiger partial charge in [-0.1, -0.05) is 31.7 Å². The van der Waals surface area contributed by atoms with Gasteiger partial charge < -0.3 is 37.7 Å². The quantitative estimate of drug-likeness (QED) is 0.0976. The second-order valence-corrected chi connectivity index (χ2v) is 9.38. The number of esters is 1. The van der Waals surface area contributed by atoms with Crippen molar-refractivity contribution in [1.29, 1.82) is 0 Å². The van der Waals surface area contributed by atoms with Crippen molar-refractivity contribution in [3.63, 3.8) is 0 Å². The normalized spacial score (nSPS) is 11.0. The molecule has 5 aromatic rings. The maximum atomic E-state index is 12.5. The van der Waals surface area contributed by atoms with E-state index in [-0.39, 0.29) is 42.4 Å². The summed E-state index contributed by atoms with van der Waals surface area (Å²) in [6.45, 7) is 0.115. The Labute approximate surface area is 260 Å². The number of rotatable bonds is 9. The zero-order valence-corrected chi connectivity index (χ0v) is 23.5. The number of aromatic carboxylic acids is 1. The van der Waals surface area contributed by atoms with Gasteiger partial charge in [-0.15, -0.1) is 0 Å². The second-order valence-electron chi connectivity index (χ2n) is 9.38. The SMILES string of the molecule is C.COC(=O)c1ccc([C@@H](N)C(N)=O)cc1.Nc1c(Nc2cccc(CNC(=O)c3cc(C(=O)O)n4nccc4n3)c2)c(=O)c1=O. The molecule has 2 aromatic heterocycles. The molecule has 16 heteroatoms. The largest absolute Gasteiger partial charge is 0.477 e. The fourth-order valence-corrected chi connectivity index (χ4v) is 4.00. The molecule has 0 aliphatic rings. The molecule has 0 spiro atoms. The minimum absolute atomic E-state index is 0. The van der Waals surface area contributed by atoms with Crippen molar-refractivity contribution in [2.75, 3.05) is 18.2 Å². The Bertz CT molecular complexity index is 1990. The van der Waals surface area contributed by atoms with Gasteiger partial charge in [0, 0.05) is 24.4 Å². The molecule has 16 nitrogen and oxygen atoms in total. The molecular weight excluding hydrogens is 600 g/mol. The number of nitrogens with one attached hydrogen (secondary N) is 2. The zero-order valence-electron chi connectivity index (χ0n) is 23.5. The Balaban J connectivity index is 0.000000306. The number of ether oxygens (including phenoxy) is 1. The lowest BCUT2D eigenvalue weighted by molar-refractivity contribution is -0.119. The van der Waals surface area contributed by atoms with Crippen LogP contribution < -0.4 is 38.7 Å². The molecule has 2 amide bonds. The van der Waals surface area contributed by atoms with Gasteiger partial charge in [0.2, 0.25) is 5.91 Å². The number of carbonyl (C=O) groups is 4. The Hall–Kier alpha value is -6.42. The van der Waals surface area contributed by atoms with Crippen molar-refractivity contribution in [1.82, 2.24) is 19.9 Å². The van der Waals surface area contributed by atoms with Crippen LogP contribution >= 0.6 is 0 Å². The average Bonchev–Trinajstić information content (AvgIpc) is 3.53. The number of nitrogens with zero attached hydrogens (tertiary/aromatic N) is 3. The van der Waals surface area contributed by atoms with Crippen LogP contribution in [0.15, 0.2) is 76.4 Å². The van der Waals surface area contributed by atoms with E-state index in [0.29, 0.717) is 22.4 Å². The summed E-state index contributed by atoms with van der Waals surface area (Å²) in [5.74, 6) is -2.85. The maximum absolute atomic E-state index is 12.5. The number of amides is 2. The minimum Gasteiger partial charge on any atom is -0.477 e. The number of primary amides is 1. The third-order valence-corrected chi connectivity index (χ3v) is 6.41. The monoisotopic (exact) mass is 630 g/mol. The number of carbonyl (C=O) groups excluding carboxylic acids is 3. The number of aromatic nitrogens is 3. The number of hydrogen-bond donors (Lipinski definition) is 6. The molecule has 0 radical (unpaired) electrons. The Kier molecular flexibility index (Phi) is 10.6. The molecule has 0 aliphatic carbocycles. The van der Waals surface area contributed by atoms with E-state index < -0.39 is 40.7 Å². The highest BCUT2D eigenvalue weighted by molar-refractivity contribution is 5.96. The highest BCUT2D eigenvalue weighted by Crippen LogP contribution is 2.19. The molecule has 0 aliphatic heterocycles. The van der Waals surface area contributed by atoms with Gasteiger partial charge >= 0.3 is 11.9 Å². The summed E-state index contributed by atoms with van der Waals surface area (Å²) in [4.78, 5) is 72.6. The summed E-state index contributed by atoms with van der Waals surface area (Å²) in [5, 5.41) is 18.6. The van der Waals surface area contributed by atoms with Crippen LogP contribution in [0.3, 0.4) is 0 Å². The highest BCUT2D eigenvalue weighted by atomic mass is 16.5. The predicted molar refractivity (Wildman–Crippen MR) is 167 cm³/mol. The van der Waals surface area contributed by atoms with Gasteiger partial charge in [-0.25, -0.2) is 19.1 Å². The predicted octanol–water partition coefficient (Wildman–Crippen LogP) is 0.874. The minimum atomic E-state index is -1.24. The summed E-state index contributed by atoms with van der Waals surface area (Å²) in [6, 6.07) is 14.8. The summed E-state index contributed by atoms with van der Waals surface area (Å²) in [6.07, 6.45) is 1.39. The van der Waals surface area contributed by atoms with Crippen LogP contribution in [0.4, 0.5) is 17.1 Å². The number of methoxy groups -OCH3 is 1. The van der Waals surface area contributed by atoms with Crippen molar-refractivity contribution in [2.45, 2.75) is 20.0 Å². The van der Waals surface area contributed by atoms with Gasteiger partial charge in [0.1, 0.15) is 23.1 Å². The van der Waals surface area contributed by atoms with Crippen molar-refractivity contribution >= 4 is 46.5 Å². The number of benzene rings is 2. The molecule has 0 bridgehead atoms. The summed E-state index contributed by atoms with van der Waals surface area (Å²) >= 11 is 0. The first-order valence-corrected chi connectivity index (χ1v) is 13.0. The van der Waals surface area contributed by atoms with Crippen molar-refractivity contribution in [2.24, 2.45) is 11.5 Å². The first-order chi connectivity index (χ1) is 21.4. The van der Waals surface area contributed by atoms with E-state index in [1.54, 1.807) is 36.4 Å². The van der Waals surface area contributed by atoms with Crippen LogP contribution in [0.25, 0.3) is 5.65 Å². The fourth-order valence-electron chi connectivity index (χ4n) is 4.00. The van der Waals surface area contributed by atoms with E-state index in [4.69, 9.17) is 17.2 Å². The molecule has 5 rings (SSSR count). The number of nitrogen functional groups attached to an aromatic ring is 1. The number of fused-ring (bicyclic) bond motifs is 1. The molecule has 46 heavy (non-hydrogen) atoms. The summed E-state index contributed by atoms with van der Waals surface area (Å²) in [5.41, 5.74) is 16.7. The Morgan fingerprint density at radius 2 is 1.72 bits per heavy atom. The molecule has 3 aromatic carbocycles. The van der Waals surface area contributed by atoms with Crippen LogP contribution in [0.5, 0.6) is 0 Å². The third-order valence-electron chi connectivity index (χ3n) is 6.41.